The van der Waals surface area contributed by atoms with Gasteiger partial charge in [0.2, 0.25) is 0 Å². The van der Waals surface area contributed by atoms with Gasteiger partial charge in [0.05, 0.1) is 59.7 Å². The Balaban J connectivity index is 1.04. The fraction of sp³-hybridized carbons (Fsp3) is 0.0800. The summed E-state index contributed by atoms with van der Waals surface area (Å²) >= 11 is 15.7. The van der Waals surface area contributed by atoms with Crippen LogP contribution in [0.4, 0.5) is 0 Å². The molecule has 0 aliphatic rings. The number of benzene rings is 4. The van der Waals surface area contributed by atoms with Gasteiger partial charge in [-0.05, 0) is 110 Å². The normalized spacial score (nSPS) is 12.7. The molecule has 0 amide bonds. The van der Waals surface area contributed by atoms with Crippen LogP contribution in [-0.4, -0.2) is 9.13 Å². The highest BCUT2D eigenvalue weighted by molar-refractivity contribution is 7.43. The first kappa shape index (κ1) is 35.0. The van der Waals surface area contributed by atoms with Crippen LogP contribution < -0.4 is 0 Å². The first-order valence-corrected chi connectivity index (χ1v) is 26.3. The topological polar surface area (TPSA) is 9.86 Å². The molecule has 4 aromatic carbocycles. The monoisotopic (exact) mass is 914 g/mol. The van der Waals surface area contributed by atoms with Gasteiger partial charge in [-0.25, -0.2) is 0 Å². The fourth-order valence-electron chi connectivity index (χ4n) is 8.98. The summed E-state index contributed by atoms with van der Waals surface area (Å²) in [5.74, 6) is 0. The number of aromatic nitrogens is 2. The Morgan fingerprint density at radius 2 is 0.633 bits per heavy atom. The maximum atomic E-state index is 2.62. The quantitative estimate of drug-likeness (QED) is 0.166. The molecule has 10 heteroatoms. The fourth-order valence-corrected chi connectivity index (χ4v) is 19.8. The summed E-state index contributed by atoms with van der Waals surface area (Å²) in [7, 11) is 0. The van der Waals surface area contributed by atoms with Gasteiger partial charge in [-0.1, -0.05) is 59.7 Å². The Labute approximate surface area is 375 Å². The van der Waals surface area contributed by atoms with Gasteiger partial charge in [0, 0.05) is 49.7 Å². The molecule has 0 aliphatic carbocycles. The number of aryl methyl sites for hydroxylation is 4. The van der Waals surface area contributed by atoms with Crippen molar-refractivity contribution in [3.05, 3.63) is 131 Å². The van der Waals surface area contributed by atoms with E-state index in [1.165, 1.54) is 142 Å². The Bertz CT molecular complexity index is 3830. The van der Waals surface area contributed by atoms with Crippen molar-refractivity contribution in [2.24, 2.45) is 0 Å². The van der Waals surface area contributed by atoms with E-state index in [-0.39, 0.29) is 0 Å². The van der Waals surface area contributed by atoms with Crippen molar-refractivity contribution >= 4 is 180 Å². The molecule has 10 heterocycles. The molecule has 0 bridgehead atoms. The first-order chi connectivity index (χ1) is 29.3. The predicted octanol–water partition coefficient (Wildman–Crippen LogP) is 18.7. The molecule has 14 rings (SSSR count). The summed E-state index contributed by atoms with van der Waals surface area (Å²) in [5.41, 5.74) is 13.1. The largest absolute Gasteiger partial charge is 0.305 e. The maximum Gasteiger partial charge on any atom is 0.0838 e. The maximum absolute atomic E-state index is 2.62. The van der Waals surface area contributed by atoms with Crippen molar-refractivity contribution in [1.82, 2.24) is 9.13 Å². The molecule has 0 aliphatic heterocycles. The van der Waals surface area contributed by atoms with Crippen molar-refractivity contribution in [1.29, 1.82) is 0 Å². The van der Waals surface area contributed by atoms with Crippen LogP contribution in [0.3, 0.4) is 0 Å². The third kappa shape index (κ3) is 4.87. The highest BCUT2D eigenvalue weighted by atomic mass is 32.1. The zero-order valence-corrected chi connectivity index (χ0v) is 39.1. The van der Waals surface area contributed by atoms with Crippen molar-refractivity contribution in [3.8, 4) is 30.9 Å². The molecule has 14 aromatic rings. The summed E-state index contributed by atoms with van der Waals surface area (Å²) in [6.45, 7) is 8.75. The molecular formula is C50H30N2S8. The Morgan fingerprint density at radius 1 is 0.283 bits per heavy atom. The van der Waals surface area contributed by atoms with Crippen LogP contribution in [0.15, 0.2) is 109 Å². The van der Waals surface area contributed by atoms with E-state index in [0.717, 1.165) is 0 Å². The Hall–Kier alpha value is -4.62. The highest BCUT2D eigenvalue weighted by Crippen LogP contribution is 2.58. The number of rotatable bonds is 4. The zero-order chi connectivity index (χ0) is 39.7. The first-order valence-electron chi connectivity index (χ1n) is 19.8. The van der Waals surface area contributed by atoms with Crippen molar-refractivity contribution in [2.75, 3.05) is 0 Å². The van der Waals surface area contributed by atoms with Gasteiger partial charge in [0.15, 0.2) is 0 Å². The molecule has 2 nitrogen and oxygen atoms in total. The molecular weight excluding hydrogens is 885 g/mol. The molecule has 60 heavy (non-hydrogen) atoms. The van der Waals surface area contributed by atoms with Crippen LogP contribution in [-0.2, 0) is 0 Å². The van der Waals surface area contributed by atoms with E-state index in [9.17, 15) is 0 Å². The molecule has 0 radical (unpaired) electrons. The third-order valence-electron chi connectivity index (χ3n) is 11.9. The van der Waals surface area contributed by atoms with Crippen molar-refractivity contribution in [2.45, 2.75) is 27.7 Å². The SMILES string of the molecule is Cc1ccc(-n2c3c4sc(-c5cc6ccc(C)cc6s5)cc4sc3c3sc4c(sc5c6sc7cc(-c8cc9ccc(C)cc9s8)sc7c6n(-c6ccc(C)cc6)c54)c32)cc1. The summed E-state index contributed by atoms with van der Waals surface area (Å²) < 4.78 is 21.9. The minimum Gasteiger partial charge on any atom is -0.305 e. The molecule has 0 saturated carbocycles. The van der Waals surface area contributed by atoms with Crippen LogP contribution in [0.1, 0.15) is 22.3 Å². The van der Waals surface area contributed by atoms with E-state index in [0.29, 0.717) is 0 Å². The van der Waals surface area contributed by atoms with Gasteiger partial charge >= 0.3 is 0 Å². The molecule has 0 atom stereocenters. The van der Waals surface area contributed by atoms with Crippen LogP contribution in [0.25, 0.3) is 120 Å². The lowest BCUT2D eigenvalue weighted by molar-refractivity contribution is 1.19. The van der Waals surface area contributed by atoms with E-state index in [1.54, 1.807) is 0 Å². The van der Waals surface area contributed by atoms with Gasteiger partial charge < -0.3 is 9.13 Å². The van der Waals surface area contributed by atoms with Gasteiger partial charge in [-0.15, -0.1) is 90.7 Å². The lowest BCUT2D eigenvalue weighted by Gasteiger charge is -2.08. The standard InChI is InChI=1S/C50H30N2S8/c1-23-7-13-29(14-8-23)51-39-43-37(21-35(55-43)33-19-27-11-5-25(3)17-31(27)53-33)57-45(39)47-41(51)49-50(59-47)42-48(60-49)46-40(52(42)30-15-9-24(2)10-16-30)44-38(58-46)22-36(56-44)34-20-28-12-6-26(4)18-32(28)54-34/h5-22H,1-4H3. The summed E-state index contributed by atoms with van der Waals surface area (Å²) in [4.78, 5) is 5.44. The third-order valence-corrected chi connectivity index (χ3v) is 22.1. The zero-order valence-electron chi connectivity index (χ0n) is 32.6. The minimum atomic E-state index is 1.23. The molecule has 10 aromatic heterocycles. The van der Waals surface area contributed by atoms with Crippen molar-refractivity contribution in [3.63, 3.8) is 0 Å². The second-order valence-electron chi connectivity index (χ2n) is 16.0. The number of nitrogens with zero attached hydrogens (tertiary/aromatic N) is 2. The summed E-state index contributed by atoms with van der Waals surface area (Å²) in [5, 5.41) is 2.67. The second-order valence-corrected chi connectivity index (χ2v) is 24.4. The summed E-state index contributed by atoms with van der Waals surface area (Å²) in [6, 6.07) is 41.7. The summed E-state index contributed by atoms with van der Waals surface area (Å²) in [6.07, 6.45) is 0. The van der Waals surface area contributed by atoms with Gasteiger partial charge in [-0.3, -0.25) is 0 Å². The minimum absolute atomic E-state index is 1.23. The molecule has 0 spiro atoms. The highest BCUT2D eigenvalue weighted by Gasteiger charge is 2.30. The second kappa shape index (κ2) is 12.5. The molecule has 0 fully saturated rings. The van der Waals surface area contributed by atoms with Gasteiger partial charge in [-0.2, -0.15) is 0 Å². The van der Waals surface area contributed by atoms with E-state index >= 15 is 0 Å². The molecule has 0 N–H and O–H groups in total. The predicted molar refractivity (Wildman–Crippen MR) is 275 cm³/mol. The van der Waals surface area contributed by atoms with E-state index < -0.39 is 0 Å². The van der Waals surface area contributed by atoms with E-state index in [1.807, 2.05) is 90.7 Å². The van der Waals surface area contributed by atoms with Gasteiger partial charge in [0.25, 0.3) is 0 Å². The number of fused-ring (bicyclic) bond motifs is 15. The molecule has 0 unspecified atom stereocenters. The Kier molecular flexibility index (Phi) is 7.29. The van der Waals surface area contributed by atoms with Crippen LogP contribution >= 0.6 is 90.7 Å². The van der Waals surface area contributed by atoms with Crippen LogP contribution in [0, 0.1) is 27.7 Å². The molecule has 288 valence electrons. The number of thiophene rings is 8. The smallest absolute Gasteiger partial charge is 0.0838 e. The lowest BCUT2D eigenvalue weighted by atomic mass is 10.2. The van der Waals surface area contributed by atoms with E-state index in [2.05, 4.69) is 146 Å². The lowest BCUT2D eigenvalue weighted by Crippen LogP contribution is -1.93. The van der Waals surface area contributed by atoms with Crippen molar-refractivity contribution < 1.29 is 0 Å². The average Bonchev–Trinajstić information content (AvgIpc) is 4.08. The Morgan fingerprint density at radius 3 is 1.05 bits per heavy atom. The number of hydrogen-bond acceptors (Lipinski definition) is 8. The van der Waals surface area contributed by atoms with Gasteiger partial charge in [0.1, 0.15) is 0 Å². The molecule has 0 saturated heterocycles. The van der Waals surface area contributed by atoms with Crippen LogP contribution in [0.2, 0.25) is 0 Å². The van der Waals surface area contributed by atoms with Crippen LogP contribution in [0.5, 0.6) is 0 Å². The average molecular weight is 915 g/mol. The van der Waals surface area contributed by atoms with E-state index in [4.69, 9.17) is 0 Å². The number of hydrogen-bond donors (Lipinski definition) is 0.